The van der Waals surface area contributed by atoms with E-state index in [1.54, 1.807) is 0 Å². The van der Waals surface area contributed by atoms with Gasteiger partial charge in [-0.15, -0.1) is 0 Å². The van der Waals surface area contributed by atoms with Gasteiger partial charge in [0.25, 0.3) is 11.8 Å². The summed E-state index contributed by atoms with van der Waals surface area (Å²) >= 11 is 0. The molecule has 46 heavy (non-hydrogen) atoms. The Kier molecular flexibility index (Phi) is 8.02. The zero-order valence-electron chi connectivity index (χ0n) is 26.1. The lowest BCUT2D eigenvalue weighted by atomic mass is 9.90. The average molecular weight is 605 g/mol. The maximum atomic E-state index is 13.7. The summed E-state index contributed by atoms with van der Waals surface area (Å²) < 4.78 is 0. The smallest absolute Gasteiger partial charge is 0.252 e. The lowest BCUT2D eigenvalue weighted by Gasteiger charge is -2.30. The molecule has 1 aliphatic rings. The second kappa shape index (κ2) is 12.6. The van der Waals surface area contributed by atoms with Crippen LogP contribution in [0.25, 0.3) is 44.3 Å². The molecule has 4 aromatic carbocycles. The van der Waals surface area contributed by atoms with Gasteiger partial charge in [0, 0.05) is 34.0 Å². The van der Waals surface area contributed by atoms with E-state index in [0.717, 1.165) is 70.0 Å². The molecular weight excluding hydrogens is 568 g/mol. The lowest BCUT2D eigenvalue weighted by molar-refractivity contribution is 0.0893. The molecule has 6 heteroatoms. The Hall–Kier alpha value is -5.36. The van der Waals surface area contributed by atoms with Crippen LogP contribution in [0.4, 0.5) is 0 Å². The van der Waals surface area contributed by atoms with Gasteiger partial charge in [-0.3, -0.25) is 9.59 Å². The van der Waals surface area contributed by atoms with Gasteiger partial charge in [-0.05, 0) is 63.8 Å². The summed E-state index contributed by atoms with van der Waals surface area (Å²) in [6, 6.07) is 35.9. The highest BCUT2D eigenvalue weighted by Gasteiger charge is 2.26. The minimum absolute atomic E-state index is 0.0327. The summed E-state index contributed by atoms with van der Waals surface area (Å²) in [5, 5.41) is 8.25. The van der Waals surface area contributed by atoms with Crippen molar-refractivity contribution in [2.24, 2.45) is 0 Å². The number of rotatable bonds is 6. The van der Waals surface area contributed by atoms with Gasteiger partial charge in [-0.2, -0.15) is 0 Å². The fourth-order valence-electron chi connectivity index (χ4n) is 6.38. The molecule has 6 nitrogen and oxygen atoms in total. The number of hydrogen-bond acceptors (Lipinski definition) is 4. The molecule has 0 bridgehead atoms. The van der Waals surface area contributed by atoms with E-state index >= 15 is 0 Å². The van der Waals surface area contributed by atoms with Gasteiger partial charge in [0.05, 0.1) is 33.5 Å². The molecule has 1 saturated carbocycles. The van der Waals surface area contributed by atoms with E-state index in [-0.39, 0.29) is 23.9 Å². The van der Waals surface area contributed by atoms with Gasteiger partial charge in [0.15, 0.2) is 0 Å². The van der Waals surface area contributed by atoms with Crippen molar-refractivity contribution in [2.45, 2.75) is 51.6 Å². The zero-order chi connectivity index (χ0) is 31.6. The number of aryl methyl sites for hydroxylation is 2. The number of nitrogens with one attached hydrogen (secondary N) is 2. The van der Waals surface area contributed by atoms with Crippen molar-refractivity contribution in [3.8, 4) is 22.5 Å². The van der Waals surface area contributed by atoms with Gasteiger partial charge in [0.1, 0.15) is 0 Å². The summed E-state index contributed by atoms with van der Waals surface area (Å²) in [5.41, 5.74) is 8.73. The van der Waals surface area contributed by atoms with E-state index in [2.05, 4.69) is 48.7 Å². The quantitative estimate of drug-likeness (QED) is 0.201. The van der Waals surface area contributed by atoms with Crippen LogP contribution in [-0.2, 0) is 0 Å². The van der Waals surface area contributed by atoms with Crippen LogP contribution in [0.5, 0.6) is 0 Å². The Morgan fingerprint density at radius 2 is 0.913 bits per heavy atom. The largest absolute Gasteiger partial charge is 0.349 e. The van der Waals surface area contributed by atoms with Gasteiger partial charge < -0.3 is 10.6 Å². The lowest BCUT2D eigenvalue weighted by Crippen LogP contribution is -2.44. The van der Waals surface area contributed by atoms with E-state index in [1.807, 2.05) is 84.9 Å². The number of carbonyl (C=O) groups excluding carboxylic acids is 2. The summed E-state index contributed by atoms with van der Waals surface area (Å²) in [4.78, 5) is 37.1. The first-order chi connectivity index (χ1) is 22.4. The van der Waals surface area contributed by atoms with Crippen LogP contribution >= 0.6 is 0 Å². The van der Waals surface area contributed by atoms with Gasteiger partial charge in [-0.25, -0.2) is 9.97 Å². The van der Waals surface area contributed by atoms with Crippen molar-refractivity contribution < 1.29 is 9.59 Å². The molecule has 2 N–H and O–H groups in total. The molecule has 0 spiro atoms. The summed E-state index contributed by atoms with van der Waals surface area (Å²) in [6.45, 7) is 4.11. The number of fused-ring (bicyclic) bond motifs is 2. The SMILES string of the molecule is Cc1ccc(-c2cc(C(=O)NC3CCC(NC(=O)c4cc(-c5ccc(C)cc5)nc5ccccc45)CC3)c3ccccc3n2)cc1. The minimum atomic E-state index is -0.0914. The van der Waals surface area contributed by atoms with Crippen molar-refractivity contribution in [3.63, 3.8) is 0 Å². The maximum absolute atomic E-state index is 13.7. The molecule has 6 aromatic rings. The number of nitrogens with zero attached hydrogens (tertiary/aromatic N) is 2. The van der Waals surface area contributed by atoms with Crippen molar-refractivity contribution in [1.29, 1.82) is 0 Å². The fraction of sp³-hybridized carbons (Fsp3) is 0.200. The number of aromatic nitrogens is 2. The highest BCUT2D eigenvalue weighted by molar-refractivity contribution is 6.08. The Morgan fingerprint density at radius 3 is 1.30 bits per heavy atom. The molecule has 0 atom stereocenters. The Morgan fingerprint density at radius 1 is 0.543 bits per heavy atom. The molecule has 2 aromatic heterocycles. The second-order valence-electron chi connectivity index (χ2n) is 12.4. The fourth-order valence-corrected chi connectivity index (χ4v) is 6.38. The number of carbonyl (C=O) groups is 2. The number of amides is 2. The molecule has 2 amide bonds. The third-order valence-corrected chi connectivity index (χ3v) is 9.01. The third kappa shape index (κ3) is 6.11. The highest BCUT2D eigenvalue weighted by atomic mass is 16.2. The van der Waals surface area contributed by atoms with Crippen molar-refractivity contribution >= 4 is 33.6 Å². The molecule has 2 heterocycles. The molecule has 1 fully saturated rings. The maximum Gasteiger partial charge on any atom is 0.252 e. The van der Waals surface area contributed by atoms with E-state index < -0.39 is 0 Å². The van der Waals surface area contributed by atoms with Crippen LogP contribution < -0.4 is 10.6 Å². The van der Waals surface area contributed by atoms with Crippen molar-refractivity contribution in [2.75, 3.05) is 0 Å². The average Bonchev–Trinajstić information content (AvgIpc) is 3.08. The van der Waals surface area contributed by atoms with Crippen LogP contribution in [-0.4, -0.2) is 33.9 Å². The standard InChI is InChI=1S/C40H36N4O2/c1-25-11-15-27(16-12-25)37-23-33(31-7-3-5-9-35(31)43-37)39(45)41-29-19-21-30(22-20-29)42-40(46)34-24-38(28-17-13-26(2)14-18-28)44-36-10-6-4-8-32(34)36/h3-18,23-24,29-30H,19-22H2,1-2H3,(H,41,45)(H,42,46). The molecule has 1 aliphatic carbocycles. The van der Waals surface area contributed by atoms with Crippen LogP contribution in [0.15, 0.2) is 109 Å². The number of para-hydroxylation sites is 2. The topological polar surface area (TPSA) is 84.0 Å². The molecule has 0 radical (unpaired) electrons. The molecule has 7 rings (SSSR count). The predicted octanol–water partition coefficient (Wildman–Crippen LogP) is 8.20. The second-order valence-corrected chi connectivity index (χ2v) is 12.4. The van der Waals surface area contributed by atoms with Gasteiger partial charge in [0.2, 0.25) is 0 Å². The number of benzene rings is 4. The zero-order valence-corrected chi connectivity index (χ0v) is 26.1. The van der Waals surface area contributed by atoms with Crippen LogP contribution in [0, 0.1) is 13.8 Å². The monoisotopic (exact) mass is 604 g/mol. The van der Waals surface area contributed by atoms with Gasteiger partial charge >= 0.3 is 0 Å². The Labute approximate surface area is 268 Å². The van der Waals surface area contributed by atoms with E-state index in [9.17, 15) is 9.59 Å². The van der Waals surface area contributed by atoms with Crippen LogP contribution in [0.3, 0.4) is 0 Å². The first-order valence-electron chi connectivity index (χ1n) is 16.0. The Balaban J connectivity index is 1.05. The third-order valence-electron chi connectivity index (χ3n) is 9.01. The highest BCUT2D eigenvalue weighted by Crippen LogP contribution is 2.28. The van der Waals surface area contributed by atoms with Gasteiger partial charge in [-0.1, -0.05) is 96.1 Å². The van der Waals surface area contributed by atoms with Crippen molar-refractivity contribution in [3.05, 3.63) is 131 Å². The summed E-state index contributed by atoms with van der Waals surface area (Å²) in [6.07, 6.45) is 3.15. The minimum Gasteiger partial charge on any atom is -0.349 e. The van der Waals surface area contributed by atoms with E-state index in [0.29, 0.717) is 11.1 Å². The molecule has 0 unspecified atom stereocenters. The molecule has 0 aliphatic heterocycles. The normalized spacial score (nSPS) is 16.3. The predicted molar refractivity (Wildman–Crippen MR) is 185 cm³/mol. The molecule has 228 valence electrons. The molecular formula is C40H36N4O2. The van der Waals surface area contributed by atoms with Crippen LogP contribution in [0.1, 0.15) is 57.5 Å². The van der Waals surface area contributed by atoms with Crippen molar-refractivity contribution in [1.82, 2.24) is 20.6 Å². The van der Waals surface area contributed by atoms with Crippen LogP contribution in [0.2, 0.25) is 0 Å². The van der Waals surface area contributed by atoms with E-state index in [1.165, 1.54) is 11.1 Å². The number of hydrogen-bond donors (Lipinski definition) is 2. The molecule has 0 saturated heterocycles. The first kappa shape index (κ1) is 29.4. The summed E-state index contributed by atoms with van der Waals surface area (Å²) in [5.74, 6) is -0.183. The Bertz CT molecular complexity index is 1910. The first-order valence-corrected chi connectivity index (χ1v) is 16.0. The van der Waals surface area contributed by atoms with E-state index in [4.69, 9.17) is 9.97 Å². The number of pyridine rings is 2. The summed E-state index contributed by atoms with van der Waals surface area (Å²) in [7, 11) is 0.